The largest absolute Gasteiger partial charge is 0.493 e. The molecule has 0 unspecified atom stereocenters. The molecule has 0 radical (unpaired) electrons. The Labute approximate surface area is 139 Å². The van der Waals surface area contributed by atoms with Crippen molar-refractivity contribution in [3.05, 3.63) is 29.3 Å². The van der Waals surface area contributed by atoms with E-state index in [9.17, 15) is 0 Å². The van der Waals surface area contributed by atoms with Crippen molar-refractivity contribution in [3.8, 4) is 22.1 Å². The molecule has 1 aromatic carbocycles. The third kappa shape index (κ3) is 5.34. The van der Waals surface area contributed by atoms with Crippen LogP contribution in [0.2, 0.25) is 0 Å². The Bertz CT molecular complexity index is 524. The van der Waals surface area contributed by atoms with Gasteiger partial charge in [-0.2, -0.15) is 0 Å². The highest BCUT2D eigenvalue weighted by atomic mass is 32.1. The fourth-order valence-electron chi connectivity index (χ4n) is 1.86. The first-order valence-corrected chi connectivity index (χ1v) is 8.83. The summed E-state index contributed by atoms with van der Waals surface area (Å²) in [5.41, 5.74) is 2.13. The Morgan fingerprint density at radius 2 is 1.73 bits per heavy atom. The van der Waals surface area contributed by atoms with Crippen molar-refractivity contribution in [3.63, 3.8) is 0 Å². The summed E-state index contributed by atoms with van der Waals surface area (Å²) in [5.74, 6) is 1.49. The topological polar surface area (TPSA) is 31.4 Å². The van der Waals surface area contributed by atoms with E-state index in [4.69, 9.17) is 9.47 Å². The van der Waals surface area contributed by atoms with Gasteiger partial charge in [-0.25, -0.2) is 4.98 Å². The summed E-state index contributed by atoms with van der Waals surface area (Å²) >= 11 is 1.64. The van der Waals surface area contributed by atoms with Gasteiger partial charge in [0, 0.05) is 5.38 Å². The molecule has 0 N–H and O–H groups in total. The van der Waals surface area contributed by atoms with Crippen LogP contribution in [0.25, 0.3) is 10.6 Å². The summed E-state index contributed by atoms with van der Waals surface area (Å²) in [4.78, 5) is 4.64. The van der Waals surface area contributed by atoms with Gasteiger partial charge in [0.1, 0.15) is 5.01 Å². The SMILES string of the molecule is CC.CC.CCCc1csc(-c2cccc(OC)c2OC)n1. The molecule has 0 saturated heterocycles. The van der Waals surface area contributed by atoms with Crippen molar-refractivity contribution in [1.82, 2.24) is 4.98 Å². The first-order valence-electron chi connectivity index (χ1n) is 7.96. The molecule has 0 saturated carbocycles. The molecule has 1 aromatic heterocycles. The van der Waals surface area contributed by atoms with Gasteiger partial charge >= 0.3 is 0 Å². The lowest BCUT2D eigenvalue weighted by Crippen LogP contribution is -1.93. The predicted molar refractivity (Wildman–Crippen MR) is 97.3 cm³/mol. The molecule has 0 atom stereocenters. The van der Waals surface area contributed by atoms with Crippen LogP contribution in [0.1, 0.15) is 46.7 Å². The second-order valence-electron chi connectivity index (χ2n) is 3.94. The number of methoxy groups -OCH3 is 2. The number of thiazole rings is 1. The van der Waals surface area contributed by atoms with Crippen molar-refractivity contribution in [2.24, 2.45) is 0 Å². The highest BCUT2D eigenvalue weighted by molar-refractivity contribution is 7.13. The van der Waals surface area contributed by atoms with Crippen LogP contribution >= 0.6 is 11.3 Å². The lowest BCUT2D eigenvalue weighted by molar-refractivity contribution is 0.356. The molecule has 4 heteroatoms. The summed E-state index contributed by atoms with van der Waals surface area (Å²) < 4.78 is 10.7. The maximum Gasteiger partial charge on any atom is 0.170 e. The minimum atomic E-state index is 0.738. The molecule has 1 heterocycles. The van der Waals surface area contributed by atoms with Gasteiger partial charge in [0.15, 0.2) is 11.5 Å². The number of aromatic nitrogens is 1. The number of benzene rings is 1. The molecular formula is C18H29NO2S. The quantitative estimate of drug-likeness (QED) is 0.693. The minimum absolute atomic E-state index is 0.738. The van der Waals surface area contributed by atoms with E-state index in [2.05, 4.69) is 17.3 Å². The molecule has 0 fully saturated rings. The van der Waals surface area contributed by atoms with Crippen LogP contribution in [-0.4, -0.2) is 19.2 Å². The van der Waals surface area contributed by atoms with Crippen molar-refractivity contribution in [2.75, 3.05) is 14.2 Å². The maximum atomic E-state index is 5.43. The number of para-hydroxylation sites is 1. The van der Waals surface area contributed by atoms with Gasteiger partial charge in [-0.3, -0.25) is 0 Å². The van der Waals surface area contributed by atoms with E-state index >= 15 is 0 Å². The summed E-state index contributed by atoms with van der Waals surface area (Å²) in [6.07, 6.45) is 2.13. The maximum absolute atomic E-state index is 5.43. The van der Waals surface area contributed by atoms with Crippen LogP contribution in [0.4, 0.5) is 0 Å². The molecule has 0 bridgehead atoms. The Hall–Kier alpha value is -1.55. The molecule has 2 rings (SSSR count). The average molecular weight is 324 g/mol. The van der Waals surface area contributed by atoms with Crippen LogP contribution in [-0.2, 0) is 6.42 Å². The summed E-state index contributed by atoms with van der Waals surface area (Å²) in [7, 11) is 3.30. The van der Waals surface area contributed by atoms with Crippen LogP contribution in [0.15, 0.2) is 23.6 Å². The van der Waals surface area contributed by atoms with E-state index < -0.39 is 0 Å². The first kappa shape index (κ1) is 20.5. The van der Waals surface area contributed by atoms with Crippen LogP contribution < -0.4 is 9.47 Å². The van der Waals surface area contributed by atoms with Gasteiger partial charge in [-0.1, -0.05) is 47.1 Å². The van der Waals surface area contributed by atoms with E-state index in [1.165, 1.54) is 0 Å². The normalized spacial score (nSPS) is 9.05. The number of hydrogen-bond acceptors (Lipinski definition) is 4. The minimum Gasteiger partial charge on any atom is -0.493 e. The number of hydrogen-bond donors (Lipinski definition) is 0. The second-order valence-corrected chi connectivity index (χ2v) is 4.79. The monoisotopic (exact) mass is 323 g/mol. The molecule has 22 heavy (non-hydrogen) atoms. The van der Waals surface area contributed by atoms with Crippen LogP contribution in [0.3, 0.4) is 0 Å². The lowest BCUT2D eigenvalue weighted by atomic mass is 10.2. The van der Waals surface area contributed by atoms with Gasteiger partial charge < -0.3 is 9.47 Å². The molecular weight excluding hydrogens is 294 g/mol. The zero-order valence-electron chi connectivity index (χ0n) is 14.9. The molecule has 0 aliphatic rings. The third-order valence-corrected chi connectivity index (χ3v) is 3.62. The van der Waals surface area contributed by atoms with Gasteiger partial charge in [0.2, 0.25) is 0 Å². The average Bonchev–Trinajstić information content (AvgIpc) is 3.06. The molecule has 124 valence electrons. The number of rotatable bonds is 5. The van der Waals surface area contributed by atoms with E-state index in [-0.39, 0.29) is 0 Å². The number of aryl methyl sites for hydroxylation is 1. The van der Waals surface area contributed by atoms with Gasteiger partial charge in [0.25, 0.3) is 0 Å². The Balaban J connectivity index is 0.00000102. The Kier molecular flexibility index (Phi) is 11.2. The fourth-order valence-corrected chi connectivity index (χ4v) is 2.73. The van der Waals surface area contributed by atoms with Crippen molar-refractivity contribution < 1.29 is 9.47 Å². The summed E-state index contributed by atoms with van der Waals surface area (Å²) in [5, 5.41) is 3.09. The highest BCUT2D eigenvalue weighted by Gasteiger charge is 2.14. The van der Waals surface area contributed by atoms with Crippen LogP contribution in [0, 0.1) is 0 Å². The van der Waals surface area contributed by atoms with E-state index in [0.717, 1.165) is 40.6 Å². The van der Waals surface area contributed by atoms with Gasteiger partial charge in [-0.15, -0.1) is 11.3 Å². The van der Waals surface area contributed by atoms with E-state index in [1.807, 2.05) is 45.9 Å². The lowest BCUT2D eigenvalue weighted by Gasteiger charge is -2.10. The molecule has 2 aromatic rings. The number of nitrogens with zero attached hydrogens (tertiary/aromatic N) is 1. The van der Waals surface area contributed by atoms with E-state index in [1.54, 1.807) is 25.6 Å². The Morgan fingerprint density at radius 1 is 1.05 bits per heavy atom. The van der Waals surface area contributed by atoms with Gasteiger partial charge in [0.05, 0.1) is 25.5 Å². The van der Waals surface area contributed by atoms with Crippen molar-refractivity contribution in [1.29, 1.82) is 0 Å². The smallest absolute Gasteiger partial charge is 0.170 e. The predicted octanol–water partition coefficient (Wildman–Crippen LogP) is 5.83. The molecule has 0 amide bonds. The van der Waals surface area contributed by atoms with Gasteiger partial charge in [-0.05, 0) is 18.6 Å². The molecule has 0 spiro atoms. The number of ether oxygens (including phenoxy) is 2. The highest BCUT2D eigenvalue weighted by Crippen LogP contribution is 2.38. The van der Waals surface area contributed by atoms with Crippen molar-refractivity contribution >= 4 is 11.3 Å². The molecule has 3 nitrogen and oxygen atoms in total. The Morgan fingerprint density at radius 3 is 2.27 bits per heavy atom. The standard InChI is InChI=1S/C14H17NO2S.2C2H6/c1-4-6-10-9-18-14(15-10)11-7-5-8-12(16-2)13(11)17-3;2*1-2/h5,7-9H,4,6H2,1-3H3;2*1-2H3. The second kappa shape index (κ2) is 12.0. The summed E-state index contributed by atoms with van der Waals surface area (Å²) in [6.45, 7) is 10.2. The fraction of sp³-hybridized carbons (Fsp3) is 0.500. The zero-order valence-corrected chi connectivity index (χ0v) is 15.7. The first-order chi connectivity index (χ1) is 10.8. The third-order valence-electron chi connectivity index (χ3n) is 2.69. The zero-order chi connectivity index (χ0) is 17.0. The van der Waals surface area contributed by atoms with Crippen molar-refractivity contribution in [2.45, 2.75) is 47.5 Å². The van der Waals surface area contributed by atoms with Crippen LogP contribution in [0.5, 0.6) is 11.5 Å². The van der Waals surface area contributed by atoms with E-state index in [0.29, 0.717) is 0 Å². The molecule has 0 aliphatic carbocycles. The summed E-state index contributed by atoms with van der Waals surface area (Å²) in [6, 6.07) is 5.86. The molecule has 0 aliphatic heterocycles.